The van der Waals surface area contributed by atoms with Gasteiger partial charge in [-0.1, -0.05) is 6.92 Å². The molecule has 0 saturated heterocycles. The van der Waals surface area contributed by atoms with Gasteiger partial charge in [0.1, 0.15) is 6.04 Å². The van der Waals surface area contributed by atoms with Crippen LogP contribution in [0.5, 0.6) is 0 Å². The van der Waals surface area contributed by atoms with Gasteiger partial charge in [0.15, 0.2) is 5.13 Å². The lowest BCUT2D eigenvalue weighted by Gasteiger charge is -2.09. The Morgan fingerprint density at radius 1 is 1.56 bits per heavy atom. The van der Waals surface area contributed by atoms with Crippen LogP contribution in [0, 0.1) is 0 Å². The van der Waals surface area contributed by atoms with Crippen LogP contribution in [-0.2, 0) is 16.0 Å². The molecular formula is C9H12N2O4S. The summed E-state index contributed by atoms with van der Waals surface area (Å²) < 4.78 is 0. The molecule has 7 heteroatoms. The Bertz CT molecular complexity index is 391. The maximum absolute atomic E-state index is 10.7. The van der Waals surface area contributed by atoms with Crippen molar-refractivity contribution in [1.29, 1.82) is 0 Å². The molecule has 0 aromatic carbocycles. The number of carboxylic acid groups (broad SMARTS) is 2. The molecule has 1 rings (SSSR count). The second-order valence-electron chi connectivity index (χ2n) is 3.16. The zero-order valence-corrected chi connectivity index (χ0v) is 9.45. The Balaban J connectivity index is 2.64. The number of aromatic nitrogens is 1. The molecule has 1 unspecified atom stereocenters. The van der Waals surface area contributed by atoms with Crippen LogP contribution in [0.4, 0.5) is 5.13 Å². The molecule has 1 aromatic heterocycles. The van der Waals surface area contributed by atoms with E-state index in [1.54, 1.807) is 12.3 Å². The molecule has 0 saturated carbocycles. The van der Waals surface area contributed by atoms with E-state index in [1.807, 2.05) is 0 Å². The first-order valence-electron chi connectivity index (χ1n) is 4.68. The molecule has 88 valence electrons. The average Bonchev–Trinajstić information content (AvgIpc) is 2.60. The number of carbonyl (C=O) groups is 2. The summed E-state index contributed by atoms with van der Waals surface area (Å²) in [5.41, 5.74) is 0.431. The number of hydrogen-bond acceptors (Lipinski definition) is 5. The Kier molecular flexibility index (Phi) is 4.24. The molecule has 16 heavy (non-hydrogen) atoms. The van der Waals surface area contributed by atoms with Gasteiger partial charge in [-0.25, -0.2) is 9.78 Å². The SMILES string of the molecule is CCC(Nc1nc(CC(=O)O)cs1)C(=O)O. The third-order valence-corrected chi connectivity index (χ3v) is 2.71. The molecule has 6 nitrogen and oxygen atoms in total. The molecule has 1 heterocycles. The highest BCUT2D eigenvalue weighted by Crippen LogP contribution is 2.17. The normalized spacial score (nSPS) is 12.1. The summed E-state index contributed by atoms with van der Waals surface area (Å²) in [4.78, 5) is 25.1. The van der Waals surface area contributed by atoms with E-state index in [0.717, 1.165) is 0 Å². The minimum absolute atomic E-state index is 0.151. The smallest absolute Gasteiger partial charge is 0.326 e. The fraction of sp³-hybridized carbons (Fsp3) is 0.444. The second kappa shape index (κ2) is 5.45. The van der Waals surface area contributed by atoms with Crippen molar-refractivity contribution in [2.24, 2.45) is 0 Å². The van der Waals surface area contributed by atoms with E-state index in [-0.39, 0.29) is 6.42 Å². The number of carboxylic acids is 2. The molecule has 0 aliphatic rings. The zero-order valence-electron chi connectivity index (χ0n) is 8.64. The third kappa shape index (κ3) is 3.50. The van der Waals surface area contributed by atoms with Crippen LogP contribution in [0.2, 0.25) is 0 Å². The predicted molar refractivity (Wildman–Crippen MR) is 58.8 cm³/mol. The van der Waals surface area contributed by atoms with Crippen LogP contribution in [-0.4, -0.2) is 33.2 Å². The average molecular weight is 244 g/mol. The summed E-state index contributed by atoms with van der Waals surface area (Å²) in [6.07, 6.45) is 0.283. The lowest BCUT2D eigenvalue weighted by Crippen LogP contribution is -2.28. The Labute approximate surface area is 95.9 Å². The van der Waals surface area contributed by atoms with Gasteiger partial charge in [0, 0.05) is 5.38 Å². The summed E-state index contributed by atoms with van der Waals surface area (Å²) in [6, 6.07) is -0.691. The molecule has 0 bridgehead atoms. The van der Waals surface area contributed by atoms with Crippen LogP contribution < -0.4 is 5.32 Å². The van der Waals surface area contributed by atoms with Crippen molar-refractivity contribution in [3.8, 4) is 0 Å². The molecule has 0 spiro atoms. The number of hydrogen-bond donors (Lipinski definition) is 3. The van der Waals surface area contributed by atoms with Gasteiger partial charge in [-0.2, -0.15) is 0 Å². The summed E-state index contributed by atoms with van der Waals surface area (Å²) in [5, 5.41) is 22.1. The molecule has 1 atom stereocenters. The van der Waals surface area contributed by atoms with E-state index < -0.39 is 18.0 Å². The molecule has 0 fully saturated rings. The molecule has 0 amide bonds. The number of anilines is 1. The predicted octanol–water partition coefficient (Wildman–Crippen LogP) is 1.05. The van der Waals surface area contributed by atoms with Crippen molar-refractivity contribution in [3.05, 3.63) is 11.1 Å². The molecule has 0 aliphatic carbocycles. The largest absolute Gasteiger partial charge is 0.481 e. The van der Waals surface area contributed by atoms with Crippen molar-refractivity contribution in [2.45, 2.75) is 25.8 Å². The Morgan fingerprint density at radius 3 is 2.75 bits per heavy atom. The molecular weight excluding hydrogens is 232 g/mol. The van der Waals surface area contributed by atoms with Crippen LogP contribution in [0.1, 0.15) is 19.0 Å². The standard InChI is InChI=1S/C9H12N2O4S/c1-2-6(8(14)15)11-9-10-5(4-16-9)3-7(12)13/h4,6H,2-3H2,1H3,(H,10,11)(H,12,13)(H,14,15). The topological polar surface area (TPSA) is 99.5 Å². The first kappa shape index (κ1) is 12.4. The van der Waals surface area contributed by atoms with Crippen molar-refractivity contribution < 1.29 is 19.8 Å². The highest BCUT2D eigenvalue weighted by atomic mass is 32.1. The fourth-order valence-electron chi connectivity index (χ4n) is 1.10. The van der Waals surface area contributed by atoms with Gasteiger partial charge in [0.25, 0.3) is 0 Å². The number of thiazole rings is 1. The highest BCUT2D eigenvalue weighted by Gasteiger charge is 2.16. The second-order valence-corrected chi connectivity index (χ2v) is 4.02. The first-order chi connectivity index (χ1) is 7.52. The Hall–Kier alpha value is -1.63. The van der Waals surface area contributed by atoms with E-state index in [1.165, 1.54) is 11.3 Å². The zero-order chi connectivity index (χ0) is 12.1. The minimum Gasteiger partial charge on any atom is -0.481 e. The van der Waals surface area contributed by atoms with Gasteiger partial charge in [-0.05, 0) is 6.42 Å². The number of nitrogens with one attached hydrogen (secondary N) is 1. The van der Waals surface area contributed by atoms with Crippen LogP contribution >= 0.6 is 11.3 Å². The summed E-state index contributed by atoms with van der Waals surface area (Å²) in [5.74, 6) is -1.90. The Morgan fingerprint density at radius 2 is 2.25 bits per heavy atom. The quantitative estimate of drug-likeness (QED) is 0.691. The number of nitrogens with zero attached hydrogens (tertiary/aromatic N) is 1. The van der Waals surface area contributed by atoms with Crippen LogP contribution in [0.15, 0.2) is 5.38 Å². The van der Waals surface area contributed by atoms with Crippen molar-refractivity contribution in [1.82, 2.24) is 4.98 Å². The van der Waals surface area contributed by atoms with Crippen molar-refractivity contribution in [3.63, 3.8) is 0 Å². The van der Waals surface area contributed by atoms with Crippen LogP contribution in [0.3, 0.4) is 0 Å². The molecule has 1 aromatic rings. The highest BCUT2D eigenvalue weighted by molar-refractivity contribution is 7.13. The van der Waals surface area contributed by atoms with E-state index in [9.17, 15) is 9.59 Å². The van der Waals surface area contributed by atoms with Gasteiger partial charge in [-0.15, -0.1) is 11.3 Å². The molecule has 0 aliphatic heterocycles. The monoisotopic (exact) mass is 244 g/mol. The van der Waals surface area contributed by atoms with E-state index in [2.05, 4.69) is 10.3 Å². The number of rotatable bonds is 6. The van der Waals surface area contributed by atoms with Gasteiger partial charge in [0.2, 0.25) is 0 Å². The van der Waals surface area contributed by atoms with Gasteiger partial charge >= 0.3 is 11.9 Å². The van der Waals surface area contributed by atoms with Gasteiger partial charge in [0.05, 0.1) is 12.1 Å². The van der Waals surface area contributed by atoms with Crippen LogP contribution in [0.25, 0.3) is 0 Å². The van der Waals surface area contributed by atoms with Crippen molar-refractivity contribution in [2.75, 3.05) is 5.32 Å². The lowest BCUT2D eigenvalue weighted by molar-refractivity contribution is -0.138. The fourth-order valence-corrected chi connectivity index (χ4v) is 1.86. The van der Waals surface area contributed by atoms with Crippen molar-refractivity contribution >= 4 is 28.4 Å². The lowest BCUT2D eigenvalue weighted by atomic mass is 10.2. The third-order valence-electron chi connectivity index (χ3n) is 1.89. The maximum Gasteiger partial charge on any atom is 0.326 e. The van der Waals surface area contributed by atoms with E-state index >= 15 is 0 Å². The molecule has 0 radical (unpaired) electrons. The van der Waals surface area contributed by atoms with E-state index in [0.29, 0.717) is 17.2 Å². The maximum atomic E-state index is 10.7. The summed E-state index contributed by atoms with van der Waals surface area (Å²) >= 11 is 1.20. The molecule has 3 N–H and O–H groups in total. The first-order valence-corrected chi connectivity index (χ1v) is 5.56. The van der Waals surface area contributed by atoms with E-state index in [4.69, 9.17) is 10.2 Å². The van der Waals surface area contributed by atoms with Gasteiger partial charge in [-0.3, -0.25) is 4.79 Å². The number of aliphatic carboxylic acids is 2. The van der Waals surface area contributed by atoms with Gasteiger partial charge < -0.3 is 15.5 Å². The minimum atomic E-state index is -0.956. The summed E-state index contributed by atoms with van der Waals surface area (Å²) in [7, 11) is 0. The summed E-state index contributed by atoms with van der Waals surface area (Å²) in [6.45, 7) is 1.75.